The zero-order valence-corrected chi connectivity index (χ0v) is 8.45. The summed E-state index contributed by atoms with van der Waals surface area (Å²) in [6, 6.07) is 3.56. The summed E-state index contributed by atoms with van der Waals surface area (Å²) in [6.45, 7) is 4.45. The third-order valence-corrected chi connectivity index (χ3v) is 3.56. The summed E-state index contributed by atoms with van der Waals surface area (Å²) < 4.78 is 0. The van der Waals surface area contributed by atoms with E-state index in [1.54, 1.807) is 0 Å². The van der Waals surface area contributed by atoms with Crippen molar-refractivity contribution in [3.63, 3.8) is 0 Å². The van der Waals surface area contributed by atoms with Gasteiger partial charge < -0.3 is 5.32 Å². The molecule has 0 bridgehead atoms. The van der Waals surface area contributed by atoms with Gasteiger partial charge in [-0.15, -0.1) is 11.3 Å². The van der Waals surface area contributed by atoms with Crippen LogP contribution in [0.2, 0.25) is 0 Å². The van der Waals surface area contributed by atoms with Gasteiger partial charge in [0.05, 0.1) is 0 Å². The fourth-order valence-corrected chi connectivity index (χ4v) is 2.45. The molecule has 0 unspecified atom stereocenters. The lowest BCUT2D eigenvalue weighted by Gasteiger charge is -2.12. The molecule has 2 rings (SSSR count). The summed E-state index contributed by atoms with van der Waals surface area (Å²) >= 11 is 1.86. The van der Waals surface area contributed by atoms with Crippen molar-refractivity contribution in [2.75, 3.05) is 0 Å². The van der Waals surface area contributed by atoms with Crippen LogP contribution in [0.15, 0.2) is 11.4 Å². The molecule has 0 aromatic carbocycles. The molecule has 1 saturated carbocycles. The van der Waals surface area contributed by atoms with Gasteiger partial charge in [0.15, 0.2) is 0 Å². The Kier molecular flexibility index (Phi) is 2.20. The van der Waals surface area contributed by atoms with Crippen LogP contribution in [-0.2, 0) is 0 Å². The van der Waals surface area contributed by atoms with Gasteiger partial charge in [-0.3, -0.25) is 0 Å². The lowest BCUT2D eigenvalue weighted by molar-refractivity contribution is 0.577. The molecule has 1 aliphatic carbocycles. The zero-order chi connectivity index (χ0) is 8.55. The van der Waals surface area contributed by atoms with Crippen LogP contribution in [0.5, 0.6) is 0 Å². The highest BCUT2D eigenvalue weighted by molar-refractivity contribution is 7.10. The molecule has 1 aromatic rings. The van der Waals surface area contributed by atoms with E-state index >= 15 is 0 Å². The average Bonchev–Trinajstić information content (AvgIpc) is 2.72. The molecular weight excluding hydrogens is 166 g/mol. The van der Waals surface area contributed by atoms with Gasteiger partial charge in [0, 0.05) is 17.0 Å². The number of thiophene rings is 1. The highest BCUT2D eigenvalue weighted by Crippen LogP contribution is 2.28. The van der Waals surface area contributed by atoms with Crippen LogP contribution >= 0.6 is 11.3 Å². The third kappa shape index (κ3) is 1.70. The van der Waals surface area contributed by atoms with Crippen molar-refractivity contribution in [2.45, 2.75) is 38.8 Å². The van der Waals surface area contributed by atoms with Crippen molar-refractivity contribution in [3.05, 3.63) is 21.9 Å². The summed E-state index contributed by atoms with van der Waals surface area (Å²) in [6.07, 6.45) is 2.74. The molecule has 0 aliphatic heterocycles. The molecule has 66 valence electrons. The maximum absolute atomic E-state index is 3.61. The Morgan fingerprint density at radius 3 is 2.83 bits per heavy atom. The highest BCUT2D eigenvalue weighted by Gasteiger charge is 2.23. The lowest BCUT2D eigenvalue weighted by atomic mass is 10.2. The van der Waals surface area contributed by atoms with E-state index in [-0.39, 0.29) is 0 Å². The Morgan fingerprint density at radius 1 is 1.58 bits per heavy atom. The second-order valence-electron chi connectivity index (χ2n) is 3.63. The van der Waals surface area contributed by atoms with Crippen LogP contribution in [0.1, 0.15) is 36.2 Å². The monoisotopic (exact) mass is 181 g/mol. The van der Waals surface area contributed by atoms with E-state index in [0.717, 1.165) is 6.04 Å². The topological polar surface area (TPSA) is 12.0 Å². The average molecular weight is 181 g/mol. The molecule has 1 atom stereocenters. The molecule has 1 heterocycles. The standard InChI is InChI=1S/C10H15NS/c1-7-5-6-12-10(7)8(2)11-9-3-4-9/h5-6,8-9,11H,3-4H2,1-2H3/t8-/m0/s1. The summed E-state index contributed by atoms with van der Waals surface area (Å²) in [5, 5.41) is 5.78. The number of hydrogen-bond acceptors (Lipinski definition) is 2. The van der Waals surface area contributed by atoms with E-state index in [0.29, 0.717) is 6.04 Å². The van der Waals surface area contributed by atoms with Crippen molar-refractivity contribution in [3.8, 4) is 0 Å². The molecule has 1 aliphatic rings. The van der Waals surface area contributed by atoms with Gasteiger partial charge in [-0.25, -0.2) is 0 Å². The van der Waals surface area contributed by atoms with Gasteiger partial charge in [-0.05, 0) is 43.7 Å². The first-order valence-electron chi connectivity index (χ1n) is 4.57. The summed E-state index contributed by atoms with van der Waals surface area (Å²) in [5.41, 5.74) is 1.43. The van der Waals surface area contributed by atoms with Gasteiger partial charge in [0.25, 0.3) is 0 Å². The second-order valence-corrected chi connectivity index (χ2v) is 4.58. The van der Waals surface area contributed by atoms with Crippen molar-refractivity contribution >= 4 is 11.3 Å². The minimum atomic E-state index is 0.553. The Hall–Kier alpha value is -0.340. The summed E-state index contributed by atoms with van der Waals surface area (Å²) in [4.78, 5) is 1.50. The molecule has 1 nitrogen and oxygen atoms in total. The maximum atomic E-state index is 3.61. The van der Waals surface area contributed by atoms with Crippen LogP contribution in [0.4, 0.5) is 0 Å². The van der Waals surface area contributed by atoms with E-state index < -0.39 is 0 Å². The molecule has 0 radical (unpaired) electrons. The molecule has 1 aromatic heterocycles. The van der Waals surface area contributed by atoms with E-state index in [1.807, 2.05) is 11.3 Å². The summed E-state index contributed by atoms with van der Waals surface area (Å²) in [5.74, 6) is 0. The van der Waals surface area contributed by atoms with E-state index in [4.69, 9.17) is 0 Å². The quantitative estimate of drug-likeness (QED) is 0.756. The van der Waals surface area contributed by atoms with Crippen LogP contribution in [0, 0.1) is 6.92 Å². The van der Waals surface area contributed by atoms with Crippen LogP contribution < -0.4 is 5.32 Å². The van der Waals surface area contributed by atoms with E-state index in [2.05, 4.69) is 30.6 Å². The van der Waals surface area contributed by atoms with Gasteiger partial charge in [0.1, 0.15) is 0 Å². The van der Waals surface area contributed by atoms with Crippen molar-refractivity contribution in [1.82, 2.24) is 5.32 Å². The highest BCUT2D eigenvalue weighted by atomic mass is 32.1. The molecule has 12 heavy (non-hydrogen) atoms. The van der Waals surface area contributed by atoms with Crippen LogP contribution in [-0.4, -0.2) is 6.04 Å². The Bertz CT molecular complexity index is 263. The fraction of sp³-hybridized carbons (Fsp3) is 0.600. The minimum absolute atomic E-state index is 0.553. The molecular formula is C10H15NS. The van der Waals surface area contributed by atoms with Gasteiger partial charge >= 0.3 is 0 Å². The van der Waals surface area contributed by atoms with Crippen molar-refractivity contribution in [1.29, 1.82) is 0 Å². The minimum Gasteiger partial charge on any atom is -0.307 e. The number of nitrogens with one attached hydrogen (secondary N) is 1. The Balaban J connectivity index is 2.02. The Morgan fingerprint density at radius 2 is 2.33 bits per heavy atom. The normalized spacial score (nSPS) is 19.5. The maximum Gasteiger partial charge on any atom is 0.0390 e. The summed E-state index contributed by atoms with van der Waals surface area (Å²) in [7, 11) is 0. The van der Waals surface area contributed by atoms with Crippen LogP contribution in [0.3, 0.4) is 0 Å². The Labute approximate surface area is 77.8 Å². The first-order chi connectivity index (χ1) is 5.77. The number of hydrogen-bond donors (Lipinski definition) is 1. The molecule has 2 heteroatoms. The third-order valence-electron chi connectivity index (χ3n) is 2.36. The van der Waals surface area contributed by atoms with E-state index in [9.17, 15) is 0 Å². The number of rotatable bonds is 3. The largest absolute Gasteiger partial charge is 0.307 e. The smallest absolute Gasteiger partial charge is 0.0390 e. The van der Waals surface area contributed by atoms with E-state index in [1.165, 1.54) is 23.3 Å². The predicted molar refractivity (Wildman–Crippen MR) is 53.6 cm³/mol. The first-order valence-corrected chi connectivity index (χ1v) is 5.45. The van der Waals surface area contributed by atoms with Gasteiger partial charge in [-0.1, -0.05) is 0 Å². The lowest BCUT2D eigenvalue weighted by Crippen LogP contribution is -2.20. The molecule has 1 N–H and O–H groups in total. The molecule has 1 fully saturated rings. The van der Waals surface area contributed by atoms with Gasteiger partial charge in [-0.2, -0.15) is 0 Å². The fourth-order valence-electron chi connectivity index (χ4n) is 1.51. The molecule has 0 saturated heterocycles. The SMILES string of the molecule is Cc1ccsc1[C@H](C)NC1CC1. The van der Waals surface area contributed by atoms with Crippen LogP contribution in [0.25, 0.3) is 0 Å². The predicted octanol–water partition coefficient (Wildman–Crippen LogP) is 2.87. The molecule has 0 spiro atoms. The van der Waals surface area contributed by atoms with Crippen molar-refractivity contribution in [2.24, 2.45) is 0 Å². The molecule has 0 amide bonds. The first kappa shape index (κ1) is 8.27. The second kappa shape index (κ2) is 3.19. The van der Waals surface area contributed by atoms with Crippen molar-refractivity contribution < 1.29 is 0 Å². The number of aryl methyl sites for hydroxylation is 1. The van der Waals surface area contributed by atoms with Gasteiger partial charge in [0.2, 0.25) is 0 Å². The zero-order valence-electron chi connectivity index (χ0n) is 7.63.